The Hall–Kier alpha value is -1.85. The van der Waals surface area contributed by atoms with Crippen LogP contribution in [-0.2, 0) is 15.8 Å². The van der Waals surface area contributed by atoms with Crippen molar-refractivity contribution in [2.75, 3.05) is 25.9 Å². The van der Waals surface area contributed by atoms with Crippen molar-refractivity contribution in [1.29, 1.82) is 5.41 Å². The third kappa shape index (κ3) is 9.46. The van der Waals surface area contributed by atoms with Crippen molar-refractivity contribution in [3.05, 3.63) is 24.5 Å². The van der Waals surface area contributed by atoms with Gasteiger partial charge in [-0.25, -0.2) is 8.51 Å². The van der Waals surface area contributed by atoms with Crippen molar-refractivity contribution >= 4 is 45.6 Å². The zero-order valence-corrected chi connectivity index (χ0v) is 17.6. The predicted octanol–water partition coefficient (Wildman–Crippen LogP) is 3.16. The fourth-order valence-electron chi connectivity index (χ4n) is 2.38. The average molecular weight is 454 g/mol. The normalized spacial score (nSPS) is 14.2. The number of aliphatic imine (C=N–C) groups is 1. The average Bonchev–Trinajstić information content (AvgIpc) is 2.64. The van der Waals surface area contributed by atoms with Crippen molar-refractivity contribution in [2.24, 2.45) is 4.99 Å². The SMILES string of the molecule is CCN(C(=O)CCN(CCC(F)(F)F)S(C)=O)C(C=Nc1cccnc1)C(=N)Cl. The molecule has 12 heteroatoms. The van der Waals surface area contributed by atoms with Crippen LogP contribution in [0.3, 0.4) is 0 Å². The Morgan fingerprint density at radius 1 is 1.45 bits per heavy atom. The highest BCUT2D eigenvalue weighted by atomic mass is 35.5. The zero-order chi connectivity index (χ0) is 22.0. The molecule has 1 rings (SSSR count). The number of pyridine rings is 1. The molecule has 0 saturated carbocycles. The lowest BCUT2D eigenvalue weighted by Crippen LogP contribution is -2.45. The molecule has 2 atom stereocenters. The van der Waals surface area contributed by atoms with Crippen LogP contribution in [0.5, 0.6) is 0 Å². The molecule has 0 saturated heterocycles. The Bertz CT molecular complexity index is 734. The van der Waals surface area contributed by atoms with Crippen LogP contribution in [0.15, 0.2) is 29.5 Å². The van der Waals surface area contributed by atoms with E-state index < -0.39 is 42.1 Å². The van der Waals surface area contributed by atoms with E-state index in [-0.39, 0.29) is 24.7 Å². The number of nitrogens with one attached hydrogen (secondary N) is 1. The summed E-state index contributed by atoms with van der Waals surface area (Å²) in [7, 11) is -1.66. The van der Waals surface area contributed by atoms with Crippen LogP contribution in [0.4, 0.5) is 18.9 Å². The van der Waals surface area contributed by atoms with E-state index in [1.807, 2.05) is 0 Å². The van der Waals surface area contributed by atoms with Gasteiger partial charge in [0.1, 0.15) is 11.2 Å². The highest BCUT2D eigenvalue weighted by Crippen LogP contribution is 2.20. The minimum Gasteiger partial charge on any atom is -0.328 e. The smallest absolute Gasteiger partial charge is 0.328 e. The highest BCUT2D eigenvalue weighted by Gasteiger charge is 2.29. The number of halogens is 4. The van der Waals surface area contributed by atoms with Gasteiger partial charge >= 0.3 is 6.18 Å². The van der Waals surface area contributed by atoms with Crippen LogP contribution < -0.4 is 0 Å². The summed E-state index contributed by atoms with van der Waals surface area (Å²) in [6.45, 7) is 1.30. The minimum atomic E-state index is -4.38. The summed E-state index contributed by atoms with van der Waals surface area (Å²) in [5.74, 6) is -0.442. The lowest BCUT2D eigenvalue weighted by atomic mass is 10.2. The van der Waals surface area contributed by atoms with E-state index in [4.69, 9.17) is 17.0 Å². The maximum atomic E-state index is 12.6. The van der Waals surface area contributed by atoms with E-state index in [1.54, 1.807) is 25.3 Å². The van der Waals surface area contributed by atoms with Crippen LogP contribution in [0.1, 0.15) is 19.8 Å². The number of amides is 1. The molecule has 1 heterocycles. The summed E-state index contributed by atoms with van der Waals surface area (Å²) in [6, 6.07) is 2.44. The monoisotopic (exact) mass is 453 g/mol. The van der Waals surface area contributed by atoms with Crippen molar-refractivity contribution in [3.63, 3.8) is 0 Å². The first kappa shape index (κ1) is 25.2. The molecule has 0 fully saturated rings. The van der Waals surface area contributed by atoms with Gasteiger partial charge < -0.3 is 4.90 Å². The van der Waals surface area contributed by atoms with Crippen LogP contribution in [0.2, 0.25) is 0 Å². The second kappa shape index (κ2) is 12.0. The number of aromatic nitrogens is 1. The molecular formula is C17H23ClF3N5O2S. The maximum Gasteiger partial charge on any atom is 0.390 e. The molecule has 0 spiro atoms. The van der Waals surface area contributed by atoms with Gasteiger partial charge in [0.05, 0.1) is 29.3 Å². The topological polar surface area (TPSA) is 89.7 Å². The Morgan fingerprint density at radius 2 is 2.14 bits per heavy atom. The molecule has 0 radical (unpaired) electrons. The fourth-order valence-corrected chi connectivity index (χ4v) is 3.25. The lowest BCUT2D eigenvalue weighted by Gasteiger charge is -2.28. The Kier molecular flexibility index (Phi) is 10.4. The summed E-state index contributed by atoms with van der Waals surface area (Å²) in [5.41, 5.74) is 0.513. The number of rotatable bonds is 11. The third-order valence-corrected chi connectivity index (χ3v) is 5.17. The number of carbonyl (C=O) groups excluding carboxylic acids is 1. The van der Waals surface area contributed by atoms with Gasteiger partial charge in [0.2, 0.25) is 5.91 Å². The molecule has 0 aliphatic rings. The quantitative estimate of drug-likeness (QED) is 0.522. The number of hydrogen-bond acceptors (Lipinski definition) is 5. The van der Waals surface area contributed by atoms with Gasteiger partial charge in [-0.15, -0.1) is 0 Å². The van der Waals surface area contributed by atoms with Crippen molar-refractivity contribution < 1.29 is 22.2 Å². The van der Waals surface area contributed by atoms with Crippen molar-refractivity contribution in [2.45, 2.75) is 32.0 Å². The molecule has 0 aliphatic carbocycles. The van der Waals surface area contributed by atoms with Crippen molar-refractivity contribution in [1.82, 2.24) is 14.2 Å². The molecule has 0 aliphatic heterocycles. The second-order valence-corrected chi connectivity index (χ2v) is 7.70. The summed E-state index contributed by atoms with van der Waals surface area (Å²) >= 11 is 5.84. The van der Waals surface area contributed by atoms with Gasteiger partial charge in [-0.3, -0.25) is 20.2 Å². The third-order valence-electron chi connectivity index (χ3n) is 3.85. The van der Waals surface area contributed by atoms with E-state index >= 15 is 0 Å². The minimum absolute atomic E-state index is 0.114. The van der Waals surface area contributed by atoms with Crippen LogP contribution >= 0.6 is 11.6 Å². The molecule has 0 bridgehead atoms. The lowest BCUT2D eigenvalue weighted by molar-refractivity contribution is -0.135. The Morgan fingerprint density at radius 3 is 2.62 bits per heavy atom. The van der Waals surface area contributed by atoms with Crippen LogP contribution in [0, 0.1) is 5.41 Å². The molecule has 162 valence electrons. The zero-order valence-electron chi connectivity index (χ0n) is 16.0. The number of alkyl halides is 3. The molecule has 29 heavy (non-hydrogen) atoms. The standard InChI is InChI=1S/C17H23ClF3N5O2S/c1-3-26(14(16(18)22)12-24-13-5-4-8-23-11-13)15(27)6-9-25(29(2)28)10-7-17(19,20)21/h4-5,8,11-12,14,22H,3,6-7,9-10H2,1-2H3. The van der Waals surface area contributed by atoms with Gasteiger partial charge in [-0.05, 0) is 19.1 Å². The van der Waals surface area contributed by atoms with Crippen LogP contribution in [0.25, 0.3) is 0 Å². The van der Waals surface area contributed by atoms with Gasteiger partial charge in [0, 0.05) is 44.7 Å². The van der Waals surface area contributed by atoms with E-state index in [0.29, 0.717) is 5.69 Å². The van der Waals surface area contributed by atoms with E-state index in [2.05, 4.69) is 9.98 Å². The van der Waals surface area contributed by atoms with Gasteiger partial charge in [0.15, 0.2) is 0 Å². The fraction of sp³-hybridized carbons (Fsp3) is 0.529. The summed E-state index contributed by atoms with van der Waals surface area (Å²) in [4.78, 5) is 22.0. The summed E-state index contributed by atoms with van der Waals surface area (Å²) < 4.78 is 50.0. The van der Waals surface area contributed by atoms with Gasteiger partial charge in [-0.1, -0.05) is 11.6 Å². The van der Waals surface area contributed by atoms with Gasteiger partial charge in [0.25, 0.3) is 0 Å². The number of carbonyl (C=O) groups is 1. The maximum absolute atomic E-state index is 12.6. The highest BCUT2D eigenvalue weighted by molar-refractivity contribution is 7.81. The van der Waals surface area contributed by atoms with E-state index in [0.717, 1.165) is 4.31 Å². The first-order valence-corrected chi connectivity index (χ1v) is 10.6. The largest absolute Gasteiger partial charge is 0.390 e. The summed E-state index contributed by atoms with van der Waals surface area (Å²) in [5, 5.41) is 7.41. The van der Waals surface area contributed by atoms with Gasteiger partial charge in [-0.2, -0.15) is 13.2 Å². The molecule has 1 aromatic rings. The predicted molar refractivity (Wildman–Crippen MR) is 108 cm³/mol. The molecule has 2 unspecified atom stereocenters. The molecule has 1 amide bonds. The summed E-state index contributed by atoms with van der Waals surface area (Å²) in [6.07, 6.45) is 0.00246. The molecule has 1 aromatic heterocycles. The first-order chi connectivity index (χ1) is 13.5. The number of hydrogen-bond donors (Lipinski definition) is 1. The second-order valence-electron chi connectivity index (χ2n) is 5.93. The van der Waals surface area contributed by atoms with E-state index in [1.165, 1.54) is 23.6 Å². The van der Waals surface area contributed by atoms with Crippen molar-refractivity contribution in [3.8, 4) is 0 Å². The number of nitrogens with zero attached hydrogens (tertiary/aromatic N) is 4. The van der Waals surface area contributed by atoms with E-state index in [9.17, 15) is 22.2 Å². The Balaban J connectivity index is 2.81. The van der Waals surface area contributed by atoms with Crippen LogP contribution in [-0.4, -0.2) is 73.8 Å². The molecular weight excluding hydrogens is 431 g/mol. The first-order valence-electron chi connectivity index (χ1n) is 8.68. The molecule has 1 N–H and O–H groups in total. The molecule has 0 aromatic carbocycles. The Labute approximate surface area is 175 Å². The molecule has 7 nitrogen and oxygen atoms in total.